The normalized spacial score (nSPS) is 15.4. The fourth-order valence-corrected chi connectivity index (χ4v) is 19.6. The van der Waals surface area contributed by atoms with E-state index in [2.05, 4.69) is 274 Å². The average Bonchev–Trinajstić information content (AvgIpc) is 0.745. The van der Waals surface area contributed by atoms with Crippen molar-refractivity contribution < 1.29 is 44.2 Å². The Morgan fingerprint density at radius 3 is 0.866 bits per heavy atom. The van der Waals surface area contributed by atoms with E-state index in [1.165, 1.54) is 158 Å². The fraction of sp³-hybridized carbons (Fsp3) is 0.282. The Kier molecular flexibility index (Phi) is 30.7. The maximum absolute atomic E-state index is 12.2. The van der Waals surface area contributed by atoms with Crippen LogP contribution in [0.25, 0.3) is 0 Å². The minimum atomic E-state index is -3.48. The third-order valence-corrected chi connectivity index (χ3v) is 28.1. The molecule has 7 N–H and O–H groups in total. The second kappa shape index (κ2) is 40.9. The molecule has 0 spiro atoms. The van der Waals surface area contributed by atoms with E-state index in [1.807, 2.05) is 79.7 Å². The lowest BCUT2D eigenvalue weighted by atomic mass is 9.55. The van der Waals surface area contributed by atoms with E-state index in [9.17, 15) is 39.1 Å². The molecule has 2 saturated carbocycles. The molecular formula is C117H130O9S. The molecule has 0 aliphatic heterocycles. The number of aromatic hydroxyl groups is 7. The molecule has 0 heterocycles. The molecule has 2 unspecified atom stereocenters. The third kappa shape index (κ3) is 23.9. The van der Waals surface area contributed by atoms with E-state index in [0.29, 0.717) is 40.8 Å². The zero-order chi connectivity index (χ0) is 91.7. The molecule has 0 aromatic heterocycles. The Bertz CT molecular complexity index is 5630. The van der Waals surface area contributed by atoms with Crippen LogP contribution in [-0.4, -0.2) is 44.2 Å². The van der Waals surface area contributed by atoms with Crippen LogP contribution in [0.1, 0.15) is 233 Å². The quantitative estimate of drug-likeness (QED) is 0.0496. The molecule has 9 nitrogen and oxygen atoms in total. The van der Waals surface area contributed by atoms with Gasteiger partial charge in [-0.3, -0.25) is 0 Å². The molecule has 0 amide bonds. The lowest BCUT2D eigenvalue weighted by molar-refractivity contribution is 0.127. The first-order valence-electron chi connectivity index (χ1n) is 44.5. The molecule has 2 aliphatic rings. The topological polar surface area (TPSA) is 176 Å². The minimum Gasteiger partial charge on any atom is -0.508 e. The summed E-state index contributed by atoms with van der Waals surface area (Å²) in [5.74, 6) is 2.57. The Morgan fingerprint density at radius 1 is 0.291 bits per heavy atom. The van der Waals surface area contributed by atoms with Gasteiger partial charge in [-0.1, -0.05) is 366 Å². The summed E-state index contributed by atoms with van der Waals surface area (Å²) in [4.78, 5) is 0.438. The number of hydrogen-bond donors (Lipinski definition) is 7. The van der Waals surface area contributed by atoms with Crippen molar-refractivity contribution in [3.05, 3.63) is 445 Å². The average molecular weight is 1710 g/mol. The zero-order valence-electron chi connectivity index (χ0n) is 77.1. The number of para-hydroxylation sites is 2. The van der Waals surface area contributed by atoms with Crippen LogP contribution in [0.2, 0.25) is 0 Å². The van der Waals surface area contributed by atoms with E-state index >= 15 is 0 Å². The Labute approximate surface area is 756 Å². The summed E-state index contributed by atoms with van der Waals surface area (Å²) in [6, 6.07) is 111. The molecule has 10 heteroatoms. The first-order valence-corrected chi connectivity index (χ1v) is 46.0. The number of phenols is 7. The van der Waals surface area contributed by atoms with Crippen molar-refractivity contribution >= 4 is 9.84 Å². The van der Waals surface area contributed by atoms with Gasteiger partial charge in [0.25, 0.3) is 0 Å². The summed E-state index contributed by atoms with van der Waals surface area (Å²) < 4.78 is 24.3. The summed E-state index contributed by atoms with van der Waals surface area (Å²) in [5.41, 5.74) is 23.7. The molecule has 0 saturated heterocycles. The van der Waals surface area contributed by atoms with Crippen LogP contribution in [-0.2, 0) is 48.7 Å². The predicted octanol–water partition coefficient (Wildman–Crippen LogP) is 28.7. The van der Waals surface area contributed by atoms with Crippen LogP contribution in [0.5, 0.6) is 40.2 Å². The van der Waals surface area contributed by atoms with Crippen molar-refractivity contribution in [3.8, 4) is 40.2 Å². The standard InChI is InChI=1S/2C25H28O.C22H28O.C19H22O.C13H12O3S.C13H12O2/c1-18-6-8-19(9-7-18)24(2,3)20-10-12-21(13-11-20)25(4,5)22-14-16-23(26)17-15-22;1-18-9-11-19(12-10-18)24(2,3)21-7-6-8-22(17-21)25(4,5)20-13-15-23(26)16-14-20;1-16-5-7-18(8-6-16)22(19-9-11-20(23)12-10-19)14-17(2)13-21(3,4)15-22;1-15-5-7-16(8-6-15)19(13-3-2-4-14-19)17-9-11-18(20)12-10-17;1-10-2-6-12(7-3-10)17(15,16)13-8-4-11(14)5-9-13;14-12-7-3-1-5-10(12)9-11-6-2-4-8-13(11)15/h2*6-17,26H,1-5H3;5-12,17,23H,13-15H2,1-4H3;5-12,20H,2-4,13-14H2,1H3;2-9,14H,1H3;1-8,14-15H,9H2. The minimum absolute atomic E-state index is 0.0328. The van der Waals surface area contributed by atoms with Crippen LogP contribution in [0.3, 0.4) is 0 Å². The number of aryl methyl sites for hydroxylation is 5. The third-order valence-electron chi connectivity index (χ3n) is 26.3. The van der Waals surface area contributed by atoms with Gasteiger partial charge in [0.05, 0.1) is 9.79 Å². The van der Waals surface area contributed by atoms with E-state index in [-0.39, 0.29) is 59.5 Å². The summed E-state index contributed by atoms with van der Waals surface area (Å²) in [7, 11) is -3.48. The summed E-state index contributed by atoms with van der Waals surface area (Å²) >= 11 is 0. The van der Waals surface area contributed by atoms with Crippen LogP contribution in [0.4, 0.5) is 0 Å². The lowest BCUT2D eigenvalue weighted by Gasteiger charge is -2.48. The number of rotatable bonds is 16. The van der Waals surface area contributed by atoms with E-state index in [1.54, 1.807) is 72.8 Å². The molecule has 0 bridgehead atoms. The fourth-order valence-electron chi connectivity index (χ4n) is 18.4. The first-order chi connectivity index (χ1) is 60.2. The maximum atomic E-state index is 12.2. The van der Waals surface area contributed by atoms with Gasteiger partial charge in [-0.25, -0.2) is 8.42 Å². The molecule has 14 aromatic rings. The maximum Gasteiger partial charge on any atom is 0.206 e. The molecule has 14 aromatic carbocycles. The van der Waals surface area contributed by atoms with Crippen molar-refractivity contribution in [2.24, 2.45) is 11.3 Å². The van der Waals surface area contributed by atoms with Gasteiger partial charge < -0.3 is 35.7 Å². The van der Waals surface area contributed by atoms with Crippen molar-refractivity contribution in [1.29, 1.82) is 0 Å². The van der Waals surface area contributed by atoms with Crippen molar-refractivity contribution in [2.45, 2.75) is 211 Å². The van der Waals surface area contributed by atoms with Crippen molar-refractivity contribution in [1.82, 2.24) is 0 Å². The van der Waals surface area contributed by atoms with Gasteiger partial charge in [0.15, 0.2) is 0 Å². The molecule has 127 heavy (non-hydrogen) atoms. The molecular weight excluding hydrogens is 1580 g/mol. The highest BCUT2D eigenvalue weighted by molar-refractivity contribution is 7.91. The van der Waals surface area contributed by atoms with Crippen molar-refractivity contribution in [2.75, 3.05) is 0 Å². The Hall–Kier alpha value is -12.4. The number of sulfone groups is 1. The smallest absolute Gasteiger partial charge is 0.206 e. The molecule has 0 radical (unpaired) electrons. The predicted molar refractivity (Wildman–Crippen MR) is 524 cm³/mol. The highest BCUT2D eigenvalue weighted by Gasteiger charge is 2.45. The van der Waals surface area contributed by atoms with Gasteiger partial charge >= 0.3 is 0 Å². The zero-order valence-corrected chi connectivity index (χ0v) is 77.9. The van der Waals surface area contributed by atoms with Gasteiger partial charge in [0.2, 0.25) is 9.84 Å². The highest BCUT2D eigenvalue weighted by atomic mass is 32.2. The lowest BCUT2D eigenvalue weighted by Crippen LogP contribution is -2.41. The Balaban J connectivity index is 0.000000149. The SMILES string of the molecule is Cc1ccc(C(C)(C)c2ccc(C(C)(C)c3ccc(O)cc3)cc2)cc1.Cc1ccc(C(C)(C)c2cccc(C(C)(C)c3ccc(O)cc3)c2)cc1.Cc1ccc(C2(c3ccc(O)cc3)CC(C)CC(C)(C)C2)cc1.Cc1ccc(C2(c3ccc(O)cc3)CCCCC2)cc1.Cc1ccc(S(=O)(=O)c2ccc(O)cc2)cc1.Oc1ccccc1Cc1ccccc1O. The van der Waals surface area contributed by atoms with Crippen LogP contribution < -0.4 is 0 Å². The van der Waals surface area contributed by atoms with Crippen LogP contribution in [0.15, 0.2) is 350 Å². The second-order valence-electron chi connectivity index (χ2n) is 38.1. The number of benzene rings is 14. The molecule has 2 aliphatic carbocycles. The van der Waals surface area contributed by atoms with Gasteiger partial charge in [-0.15, -0.1) is 0 Å². The van der Waals surface area contributed by atoms with E-state index in [0.717, 1.165) is 23.1 Å². The van der Waals surface area contributed by atoms with E-state index in [4.69, 9.17) is 5.11 Å². The molecule has 2 fully saturated rings. The summed E-state index contributed by atoms with van der Waals surface area (Å²) in [6.45, 7) is 35.6. The highest BCUT2D eigenvalue weighted by Crippen LogP contribution is 2.54. The molecule has 2 atom stereocenters. The van der Waals surface area contributed by atoms with Gasteiger partial charge in [-0.05, 0) is 253 Å². The van der Waals surface area contributed by atoms with Gasteiger partial charge in [0.1, 0.15) is 40.2 Å². The van der Waals surface area contributed by atoms with Gasteiger partial charge in [-0.2, -0.15) is 0 Å². The second-order valence-corrected chi connectivity index (χ2v) is 40.1. The first kappa shape index (κ1) is 95.3. The monoisotopic (exact) mass is 1710 g/mol. The number of phenolic OH excluding ortho intramolecular Hbond substituents is 7. The largest absolute Gasteiger partial charge is 0.508 e. The molecule has 658 valence electrons. The van der Waals surface area contributed by atoms with Crippen LogP contribution >= 0.6 is 0 Å². The van der Waals surface area contributed by atoms with Crippen LogP contribution in [0, 0.1) is 46.0 Å². The van der Waals surface area contributed by atoms with E-state index < -0.39 is 9.84 Å². The summed E-state index contributed by atoms with van der Waals surface area (Å²) in [5, 5.41) is 66.7. The summed E-state index contributed by atoms with van der Waals surface area (Å²) in [6.07, 6.45) is 10.5. The van der Waals surface area contributed by atoms with Gasteiger partial charge in [0, 0.05) is 38.9 Å². The molecule has 16 rings (SSSR count). The van der Waals surface area contributed by atoms with Crippen molar-refractivity contribution in [3.63, 3.8) is 0 Å². The number of hydrogen-bond acceptors (Lipinski definition) is 9. The Morgan fingerprint density at radius 2 is 0.543 bits per heavy atom.